The number of hydrogen-bond acceptors (Lipinski definition) is 6. The standard InChI is InChI=1S/C30H40O6/c1-21-15-16-34-26(19-21)13-14-28(32)29-11-4-7-24(31)18-22(2)17-23(3)20-27-10-5-8-25(35-27)9-6-12-30(33)36-29/h4-5,7-8,13-15,23-29,31-32H,2,9-11,16-20H2,1,3H3/b7-4-,14-13+. The normalized spacial score (nSPS) is 34.5. The molecule has 2 bridgehead atoms. The molecule has 3 rings (SSSR count). The van der Waals surface area contributed by atoms with Crippen molar-refractivity contribution >= 4 is 5.97 Å². The molecule has 0 spiro atoms. The van der Waals surface area contributed by atoms with Crippen LogP contribution in [0.25, 0.3) is 0 Å². The fourth-order valence-electron chi connectivity index (χ4n) is 4.75. The molecule has 0 fully saturated rings. The highest BCUT2D eigenvalue weighted by atomic mass is 16.6. The zero-order valence-corrected chi connectivity index (χ0v) is 21.5. The van der Waals surface area contributed by atoms with E-state index in [1.54, 1.807) is 24.3 Å². The third-order valence-corrected chi connectivity index (χ3v) is 6.57. The van der Waals surface area contributed by atoms with Gasteiger partial charge in [0.25, 0.3) is 0 Å². The van der Waals surface area contributed by atoms with Crippen molar-refractivity contribution in [2.75, 3.05) is 6.61 Å². The summed E-state index contributed by atoms with van der Waals surface area (Å²) in [6, 6.07) is 0. The number of carbonyl (C=O) groups is 1. The number of rotatable bonds is 3. The van der Waals surface area contributed by atoms with E-state index in [0.717, 1.165) is 31.3 Å². The average molecular weight is 497 g/mol. The SMILES string of the molecule is C=C1CC(O)/C=C\CC(C(O)/C=C/C2CC(C)=CCO2)OC(=O)C#CCC2C=CCC(CC(C)C1)O2. The van der Waals surface area contributed by atoms with Crippen molar-refractivity contribution in [3.63, 3.8) is 0 Å². The summed E-state index contributed by atoms with van der Waals surface area (Å²) >= 11 is 0. The molecule has 6 nitrogen and oxygen atoms in total. The molecule has 36 heavy (non-hydrogen) atoms. The molecule has 0 saturated heterocycles. The van der Waals surface area contributed by atoms with Gasteiger partial charge in [-0.3, -0.25) is 0 Å². The average Bonchev–Trinajstić information content (AvgIpc) is 2.81. The monoisotopic (exact) mass is 496 g/mol. The topological polar surface area (TPSA) is 85.2 Å². The lowest BCUT2D eigenvalue weighted by Crippen LogP contribution is -2.30. The molecule has 196 valence electrons. The molecule has 7 atom stereocenters. The minimum Gasteiger partial charge on any atom is -0.449 e. The molecule has 0 amide bonds. The second-order valence-corrected chi connectivity index (χ2v) is 10.1. The van der Waals surface area contributed by atoms with Crippen molar-refractivity contribution in [2.45, 2.75) is 95.4 Å². The Morgan fingerprint density at radius 3 is 2.81 bits per heavy atom. The van der Waals surface area contributed by atoms with Crippen LogP contribution in [0.1, 0.15) is 58.8 Å². The Bertz CT molecular complexity index is 933. The van der Waals surface area contributed by atoms with Crippen LogP contribution >= 0.6 is 0 Å². The van der Waals surface area contributed by atoms with Crippen LogP contribution in [0.3, 0.4) is 0 Å². The Labute approximate surface area is 215 Å². The highest BCUT2D eigenvalue weighted by molar-refractivity contribution is 5.88. The van der Waals surface area contributed by atoms with Gasteiger partial charge in [0, 0.05) is 18.8 Å². The van der Waals surface area contributed by atoms with Crippen LogP contribution in [0, 0.1) is 17.8 Å². The summed E-state index contributed by atoms with van der Waals surface area (Å²) in [6.07, 6.45) is 14.6. The van der Waals surface area contributed by atoms with Crippen LogP contribution in [0.2, 0.25) is 0 Å². The Hall–Kier alpha value is -2.43. The predicted octanol–water partition coefficient (Wildman–Crippen LogP) is 4.34. The fraction of sp³-hybridized carbons (Fsp3) is 0.567. The van der Waals surface area contributed by atoms with Crippen molar-refractivity contribution in [1.29, 1.82) is 0 Å². The van der Waals surface area contributed by atoms with Crippen molar-refractivity contribution in [1.82, 2.24) is 0 Å². The first-order valence-electron chi connectivity index (χ1n) is 12.9. The van der Waals surface area contributed by atoms with Gasteiger partial charge in [-0.05, 0) is 44.9 Å². The van der Waals surface area contributed by atoms with Crippen molar-refractivity contribution < 1.29 is 29.2 Å². The summed E-state index contributed by atoms with van der Waals surface area (Å²) < 4.78 is 17.3. The van der Waals surface area contributed by atoms with Gasteiger partial charge in [0.1, 0.15) is 12.2 Å². The van der Waals surface area contributed by atoms with E-state index >= 15 is 0 Å². The first-order chi connectivity index (χ1) is 17.3. The zero-order valence-electron chi connectivity index (χ0n) is 21.5. The maximum Gasteiger partial charge on any atom is 0.384 e. The minimum atomic E-state index is -1.04. The van der Waals surface area contributed by atoms with E-state index in [0.29, 0.717) is 25.4 Å². The highest BCUT2D eigenvalue weighted by Gasteiger charge is 2.23. The van der Waals surface area contributed by atoms with Crippen molar-refractivity contribution in [3.05, 3.63) is 60.3 Å². The van der Waals surface area contributed by atoms with Crippen molar-refractivity contribution in [3.8, 4) is 11.8 Å². The van der Waals surface area contributed by atoms with E-state index in [1.807, 2.05) is 19.1 Å². The lowest BCUT2D eigenvalue weighted by molar-refractivity contribution is -0.145. The maximum absolute atomic E-state index is 12.5. The smallest absolute Gasteiger partial charge is 0.384 e. The number of hydrogen-bond donors (Lipinski definition) is 2. The summed E-state index contributed by atoms with van der Waals surface area (Å²) in [5.74, 6) is 5.08. The molecular formula is C30H40O6. The second kappa shape index (κ2) is 14.3. The van der Waals surface area contributed by atoms with Crippen molar-refractivity contribution in [2.24, 2.45) is 5.92 Å². The molecule has 3 aliphatic rings. The number of cyclic esters (lactones) is 1. The van der Waals surface area contributed by atoms with Gasteiger partial charge in [0.15, 0.2) is 0 Å². The minimum absolute atomic E-state index is 0.0963. The van der Waals surface area contributed by atoms with E-state index in [1.165, 1.54) is 5.57 Å². The number of aliphatic hydroxyl groups is 2. The maximum atomic E-state index is 12.5. The van der Waals surface area contributed by atoms with Gasteiger partial charge in [-0.1, -0.05) is 73.1 Å². The van der Waals surface area contributed by atoms with Gasteiger partial charge < -0.3 is 24.4 Å². The Balaban J connectivity index is 1.71. The molecule has 0 aromatic rings. The Morgan fingerprint density at radius 2 is 2.00 bits per heavy atom. The molecular weight excluding hydrogens is 456 g/mol. The molecule has 3 heterocycles. The molecule has 0 aromatic heterocycles. The number of ether oxygens (including phenoxy) is 3. The predicted molar refractivity (Wildman–Crippen MR) is 140 cm³/mol. The molecule has 7 unspecified atom stereocenters. The van der Waals surface area contributed by atoms with Crippen LogP contribution in [-0.2, 0) is 19.0 Å². The number of esters is 1. The van der Waals surface area contributed by atoms with Gasteiger partial charge in [0.2, 0.25) is 0 Å². The first-order valence-corrected chi connectivity index (χ1v) is 12.9. The van der Waals surface area contributed by atoms with Crippen LogP contribution in [0.4, 0.5) is 0 Å². The zero-order chi connectivity index (χ0) is 25.9. The molecule has 6 heteroatoms. The summed E-state index contributed by atoms with van der Waals surface area (Å²) in [4.78, 5) is 12.5. The summed E-state index contributed by atoms with van der Waals surface area (Å²) in [7, 11) is 0. The van der Waals surface area contributed by atoms with Gasteiger partial charge >= 0.3 is 5.97 Å². The first kappa shape index (κ1) is 28.1. The lowest BCUT2D eigenvalue weighted by atomic mass is 9.91. The largest absolute Gasteiger partial charge is 0.449 e. The van der Waals surface area contributed by atoms with Crippen LogP contribution in [0.15, 0.2) is 60.3 Å². The van der Waals surface area contributed by atoms with Crippen LogP contribution in [0.5, 0.6) is 0 Å². The van der Waals surface area contributed by atoms with E-state index in [-0.39, 0.29) is 24.7 Å². The van der Waals surface area contributed by atoms with Gasteiger partial charge in [-0.2, -0.15) is 0 Å². The van der Waals surface area contributed by atoms with E-state index in [9.17, 15) is 15.0 Å². The lowest BCUT2D eigenvalue weighted by Gasteiger charge is -2.27. The Morgan fingerprint density at radius 1 is 1.19 bits per heavy atom. The van der Waals surface area contributed by atoms with Gasteiger partial charge in [-0.25, -0.2) is 4.79 Å². The third-order valence-electron chi connectivity index (χ3n) is 6.57. The number of aliphatic hydroxyl groups excluding tert-OH is 2. The molecule has 0 saturated carbocycles. The summed E-state index contributed by atoms with van der Waals surface area (Å²) in [5.41, 5.74) is 2.22. The van der Waals surface area contributed by atoms with Crippen LogP contribution < -0.4 is 0 Å². The van der Waals surface area contributed by atoms with E-state index in [2.05, 4.69) is 31.4 Å². The van der Waals surface area contributed by atoms with E-state index in [4.69, 9.17) is 14.2 Å². The summed E-state index contributed by atoms with van der Waals surface area (Å²) in [6.45, 7) is 8.91. The number of fused-ring (bicyclic) bond motifs is 2. The molecule has 3 aliphatic heterocycles. The highest BCUT2D eigenvalue weighted by Crippen LogP contribution is 2.25. The fourth-order valence-corrected chi connectivity index (χ4v) is 4.75. The molecule has 0 aromatic carbocycles. The summed E-state index contributed by atoms with van der Waals surface area (Å²) in [5, 5.41) is 21.2. The molecule has 2 N–H and O–H groups in total. The Kier molecular flexibility index (Phi) is 11.2. The van der Waals surface area contributed by atoms with E-state index < -0.39 is 24.3 Å². The van der Waals surface area contributed by atoms with Crippen LogP contribution in [-0.4, -0.2) is 59.4 Å². The van der Waals surface area contributed by atoms with Gasteiger partial charge in [0.05, 0.1) is 31.0 Å². The quantitative estimate of drug-likeness (QED) is 0.262. The van der Waals surface area contributed by atoms with Gasteiger partial charge in [-0.15, -0.1) is 0 Å². The third kappa shape index (κ3) is 9.91. The molecule has 0 radical (unpaired) electrons. The molecule has 0 aliphatic carbocycles. The number of carbonyl (C=O) groups excluding carboxylic acids is 1. The second-order valence-electron chi connectivity index (χ2n) is 10.1.